The molecule has 6 nitrogen and oxygen atoms in total. The highest BCUT2D eigenvalue weighted by Gasteiger charge is 2.25. The van der Waals surface area contributed by atoms with E-state index in [1.54, 1.807) is 12.1 Å². The molecule has 7 heteroatoms. The number of nitrogens with zero attached hydrogens (tertiary/aromatic N) is 1. The summed E-state index contributed by atoms with van der Waals surface area (Å²) in [7, 11) is 0. The Hall–Kier alpha value is -2.59. The van der Waals surface area contributed by atoms with Gasteiger partial charge in [-0.2, -0.15) is 5.26 Å². The number of benzene rings is 1. The van der Waals surface area contributed by atoms with Crippen molar-refractivity contribution >= 4 is 28.8 Å². The number of carbonyl (C=O) groups is 3. The van der Waals surface area contributed by atoms with Crippen LogP contribution in [0.1, 0.15) is 24.8 Å². The highest BCUT2D eigenvalue weighted by atomic mass is 32.2. The van der Waals surface area contributed by atoms with Gasteiger partial charge < -0.3 is 10.1 Å². The van der Waals surface area contributed by atoms with Crippen molar-refractivity contribution in [3.8, 4) is 6.07 Å². The van der Waals surface area contributed by atoms with Crippen LogP contribution in [-0.2, 0) is 24.9 Å². The molecule has 0 saturated heterocycles. The van der Waals surface area contributed by atoms with Gasteiger partial charge in [-0.1, -0.05) is 48.2 Å². The monoisotopic (exact) mass is 360 g/mol. The van der Waals surface area contributed by atoms with Crippen molar-refractivity contribution in [2.45, 2.75) is 31.1 Å². The minimum atomic E-state index is -1.10. The summed E-state index contributed by atoms with van der Waals surface area (Å²) in [6.07, 6.45) is 2.02. The van der Waals surface area contributed by atoms with Gasteiger partial charge in [0.2, 0.25) is 5.91 Å². The summed E-state index contributed by atoms with van der Waals surface area (Å²) in [5, 5.41) is 10.7. The van der Waals surface area contributed by atoms with E-state index >= 15 is 0 Å². The van der Waals surface area contributed by atoms with Gasteiger partial charge in [0.05, 0.1) is 0 Å². The Balaban J connectivity index is 2.59. The maximum atomic E-state index is 12.1. The number of hydrogen-bond donors (Lipinski definition) is 1. The molecule has 0 bridgehead atoms. The molecule has 0 fully saturated rings. The Labute approximate surface area is 151 Å². The Bertz CT molecular complexity index is 640. The lowest BCUT2D eigenvalue weighted by Crippen LogP contribution is -2.43. The van der Waals surface area contributed by atoms with E-state index in [1.807, 2.05) is 30.3 Å². The van der Waals surface area contributed by atoms with Gasteiger partial charge in [0.1, 0.15) is 12.1 Å². The molecule has 0 aliphatic carbocycles. The number of ether oxygens (including phenoxy) is 1. The predicted octanol–water partition coefficient (Wildman–Crippen LogP) is 2.35. The summed E-state index contributed by atoms with van der Waals surface area (Å²) >= 11 is 1.06. The Morgan fingerprint density at radius 1 is 1.32 bits per heavy atom. The van der Waals surface area contributed by atoms with Crippen molar-refractivity contribution in [2.75, 3.05) is 6.61 Å². The molecule has 0 spiro atoms. The van der Waals surface area contributed by atoms with Gasteiger partial charge in [-0.05, 0) is 12.0 Å². The van der Waals surface area contributed by atoms with Crippen molar-refractivity contribution < 1.29 is 19.1 Å². The van der Waals surface area contributed by atoms with Crippen LogP contribution in [0.4, 0.5) is 0 Å². The van der Waals surface area contributed by atoms with E-state index < -0.39 is 18.6 Å². The van der Waals surface area contributed by atoms with Crippen molar-refractivity contribution in [1.29, 1.82) is 5.26 Å². The van der Waals surface area contributed by atoms with Gasteiger partial charge in [0.15, 0.2) is 11.7 Å². The van der Waals surface area contributed by atoms with Gasteiger partial charge in [-0.25, -0.2) is 4.79 Å². The minimum Gasteiger partial charge on any atom is -0.449 e. The van der Waals surface area contributed by atoms with E-state index in [0.717, 1.165) is 17.3 Å². The highest BCUT2D eigenvalue weighted by Crippen LogP contribution is 2.16. The summed E-state index contributed by atoms with van der Waals surface area (Å²) in [5.41, 5.74) is 0.986. The topological polar surface area (TPSA) is 96.3 Å². The van der Waals surface area contributed by atoms with Crippen LogP contribution in [0.15, 0.2) is 43.0 Å². The van der Waals surface area contributed by atoms with Gasteiger partial charge in [-0.15, -0.1) is 6.58 Å². The number of esters is 1. The van der Waals surface area contributed by atoms with Crippen molar-refractivity contribution in [3.63, 3.8) is 0 Å². The van der Waals surface area contributed by atoms with Gasteiger partial charge in [0, 0.05) is 18.6 Å². The van der Waals surface area contributed by atoms with Crippen LogP contribution in [0.25, 0.3) is 0 Å². The molecule has 1 rings (SSSR count). The summed E-state index contributed by atoms with van der Waals surface area (Å²) in [5.74, 6) is -0.689. The molecule has 0 saturated carbocycles. The first kappa shape index (κ1) is 20.5. The molecule has 0 aromatic heterocycles. The zero-order valence-corrected chi connectivity index (χ0v) is 14.6. The summed E-state index contributed by atoms with van der Waals surface area (Å²) in [6, 6.07) is 10.0. The molecule has 1 atom stereocenters. The van der Waals surface area contributed by atoms with Gasteiger partial charge in [0.25, 0.3) is 0 Å². The van der Waals surface area contributed by atoms with Crippen LogP contribution < -0.4 is 5.32 Å². The number of allylic oxidation sites excluding steroid dienone is 1. The van der Waals surface area contributed by atoms with Crippen LogP contribution in [0.2, 0.25) is 0 Å². The highest BCUT2D eigenvalue weighted by molar-refractivity contribution is 8.12. The smallest absolute Gasteiger partial charge is 0.330 e. The molecule has 132 valence electrons. The molecule has 0 aliphatic rings. The predicted molar refractivity (Wildman–Crippen MR) is 95.3 cm³/mol. The molecule has 0 unspecified atom stereocenters. The van der Waals surface area contributed by atoms with Crippen LogP contribution in [0, 0.1) is 11.3 Å². The fraction of sp³-hybridized carbons (Fsp3) is 0.333. The lowest BCUT2D eigenvalue weighted by atomic mass is 10.2. The molecular weight excluding hydrogens is 340 g/mol. The molecule has 1 N–H and O–H groups in total. The molecule has 0 heterocycles. The molecule has 1 aromatic carbocycles. The quantitative estimate of drug-likeness (QED) is 0.508. The zero-order chi connectivity index (χ0) is 18.5. The van der Waals surface area contributed by atoms with Crippen LogP contribution in [0.5, 0.6) is 0 Å². The Kier molecular flexibility index (Phi) is 9.71. The molecule has 0 radical (unpaired) electrons. The van der Waals surface area contributed by atoms with Crippen LogP contribution in [-0.4, -0.2) is 29.6 Å². The van der Waals surface area contributed by atoms with E-state index in [2.05, 4.69) is 11.9 Å². The van der Waals surface area contributed by atoms with Crippen LogP contribution >= 0.6 is 11.8 Å². The number of carbonyl (C=O) groups excluding carboxylic acids is 3. The second kappa shape index (κ2) is 11.9. The molecular formula is C18H20N2O4S. The average molecular weight is 360 g/mol. The lowest BCUT2D eigenvalue weighted by molar-refractivity contribution is -0.147. The molecule has 1 amide bonds. The maximum absolute atomic E-state index is 12.1. The SMILES string of the molecule is C=CCCC(=O)N[C@@H](CC(=O)SCc1ccccc1)C(=O)OCC#N. The first-order chi connectivity index (χ1) is 12.1. The molecule has 25 heavy (non-hydrogen) atoms. The number of nitriles is 1. The third-order valence-corrected chi connectivity index (χ3v) is 4.05. The third-order valence-electron chi connectivity index (χ3n) is 3.09. The second-order valence-electron chi connectivity index (χ2n) is 5.06. The summed E-state index contributed by atoms with van der Waals surface area (Å²) in [4.78, 5) is 35.9. The summed E-state index contributed by atoms with van der Waals surface area (Å²) < 4.78 is 4.73. The van der Waals surface area contributed by atoms with E-state index in [-0.39, 0.29) is 23.9 Å². The van der Waals surface area contributed by atoms with Gasteiger partial charge in [-0.3, -0.25) is 9.59 Å². The normalized spacial score (nSPS) is 11.0. The van der Waals surface area contributed by atoms with Crippen molar-refractivity contribution in [2.24, 2.45) is 0 Å². The van der Waals surface area contributed by atoms with Crippen molar-refractivity contribution in [3.05, 3.63) is 48.6 Å². The molecule has 1 aromatic rings. The van der Waals surface area contributed by atoms with E-state index in [1.165, 1.54) is 0 Å². The lowest BCUT2D eigenvalue weighted by Gasteiger charge is -2.16. The fourth-order valence-electron chi connectivity index (χ4n) is 1.86. The number of hydrogen-bond acceptors (Lipinski definition) is 6. The standard InChI is InChI=1S/C18H20N2O4S/c1-2-3-9-16(21)20-15(18(23)24-11-10-19)12-17(22)25-13-14-7-5-4-6-8-14/h2,4-8,15H,1,3,9,11-13H2,(H,20,21)/t15-/m0/s1. The number of amides is 1. The first-order valence-electron chi connectivity index (χ1n) is 7.70. The zero-order valence-electron chi connectivity index (χ0n) is 13.8. The van der Waals surface area contributed by atoms with Crippen molar-refractivity contribution in [1.82, 2.24) is 5.32 Å². The van der Waals surface area contributed by atoms with E-state index in [0.29, 0.717) is 12.2 Å². The average Bonchev–Trinajstić information content (AvgIpc) is 2.63. The third kappa shape index (κ3) is 8.72. The molecule has 0 aliphatic heterocycles. The maximum Gasteiger partial charge on any atom is 0.330 e. The van der Waals surface area contributed by atoms with E-state index in [9.17, 15) is 14.4 Å². The largest absolute Gasteiger partial charge is 0.449 e. The van der Waals surface area contributed by atoms with E-state index in [4.69, 9.17) is 10.00 Å². The number of nitrogens with one attached hydrogen (secondary N) is 1. The Morgan fingerprint density at radius 3 is 2.68 bits per heavy atom. The van der Waals surface area contributed by atoms with Crippen LogP contribution in [0.3, 0.4) is 0 Å². The fourth-order valence-corrected chi connectivity index (χ4v) is 2.67. The number of thioether (sulfide) groups is 1. The van der Waals surface area contributed by atoms with Gasteiger partial charge >= 0.3 is 5.97 Å². The number of rotatable bonds is 10. The first-order valence-corrected chi connectivity index (χ1v) is 8.68. The second-order valence-corrected chi connectivity index (χ2v) is 6.10. The Morgan fingerprint density at radius 2 is 2.04 bits per heavy atom. The minimum absolute atomic E-state index is 0.164. The summed E-state index contributed by atoms with van der Waals surface area (Å²) in [6.45, 7) is 3.10.